The molecular formula is C14H23NO3. The van der Waals surface area contributed by atoms with Crippen LogP contribution >= 0.6 is 0 Å². The van der Waals surface area contributed by atoms with Gasteiger partial charge in [0.05, 0.1) is 5.54 Å². The van der Waals surface area contributed by atoms with Crippen LogP contribution in [0.1, 0.15) is 52.9 Å². The molecule has 4 heteroatoms. The molecule has 0 heterocycles. The Balaban J connectivity index is 2.39. The Labute approximate surface area is 109 Å². The first-order valence-electron chi connectivity index (χ1n) is 6.40. The molecule has 0 aromatic rings. The molecule has 102 valence electrons. The van der Waals surface area contributed by atoms with Gasteiger partial charge >= 0.3 is 6.09 Å². The molecule has 1 saturated carbocycles. The van der Waals surface area contributed by atoms with Crippen molar-refractivity contribution in [2.45, 2.75) is 64.0 Å². The number of allylic oxidation sites excluding steroid dienone is 1. The lowest BCUT2D eigenvalue weighted by Gasteiger charge is -2.23. The number of nitrogens with one attached hydrogen (secondary N) is 1. The fourth-order valence-electron chi connectivity index (χ4n) is 1.75. The molecule has 0 unspecified atom stereocenters. The van der Waals surface area contributed by atoms with Gasteiger partial charge in [0.1, 0.15) is 11.4 Å². The van der Waals surface area contributed by atoms with Crippen molar-refractivity contribution in [2.24, 2.45) is 0 Å². The number of rotatable bonds is 6. The van der Waals surface area contributed by atoms with Gasteiger partial charge in [-0.15, -0.1) is 6.58 Å². The average molecular weight is 253 g/mol. The Morgan fingerprint density at radius 3 is 2.44 bits per heavy atom. The Bertz CT molecular complexity index is 337. The Kier molecular flexibility index (Phi) is 4.54. The Hall–Kier alpha value is -1.32. The summed E-state index contributed by atoms with van der Waals surface area (Å²) >= 11 is 0. The van der Waals surface area contributed by atoms with Crippen LogP contribution in [-0.2, 0) is 9.53 Å². The van der Waals surface area contributed by atoms with E-state index in [4.69, 9.17) is 4.74 Å². The first-order valence-corrected chi connectivity index (χ1v) is 6.40. The fraction of sp³-hybridized carbons (Fsp3) is 0.714. The molecule has 0 saturated heterocycles. The molecule has 0 radical (unpaired) electrons. The zero-order chi connectivity index (χ0) is 13.8. The smallest absolute Gasteiger partial charge is 0.408 e. The van der Waals surface area contributed by atoms with Gasteiger partial charge < -0.3 is 10.1 Å². The molecule has 1 N–H and O–H groups in total. The van der Waals surface area contributed by atoms with Crippen molar-refractivity contribution in [3.05, 3.63) is 12.7 Å². The highest BCUT2D eigenvalue weighted by Gasteiger charge is 2.46. The Morgan fingerprint density at radius 1 is 1.39 bits per heavy atom. The zero-order valence-electron chi connectivity index (χ0n) is 11.5. The van der Waals surface area contributed by atoms with Gasteiger partial charge in [0.25, 0.3) is 0 Å². The summed E-state index contributed by atoms with van der Waals surface area (Å²) in [5, 5.41) is 2.82. The summed E-state index contributed by atoms with van der Waals surface area (Å²) in [6.07, 6.45) is 4.61. The zero-order valence-corrected chi connectivity index (χ0v) is 11.5. The number of alkyl carbamates (subject to hydrolysis) is 1. The maximum absolute atomic E-state index is 11.7. The number of Topliss-reactive ketones (excluding diaryl/α,β-unsaturated/α-hetero) is 1. The highest BCUT2D eigenvalue weighted by Crippen LogP contribution is 2.39. The number of ether oxygens (including phenoxy) is 1. The topological polar surface area (TPSA) is 55.4 Å². The summed E-state index contributed by atoms with van der Waals surface area (Å²) in [6.45, 7) is 9.05. The number of carbonyl (C=O) groups is 2. The van der Waals surface area contributed by atoms with E-state index in [0.717, 1.165) is 12.8 Å². The summed E-state index contributed by atoms with van der Waals surface area (Å²) in [5.74, 6) is 0.170. The van der Waals surface area contributed by atoms with Crippen molar-refractivity contribution in [3.8, 4) is 0 Å². The van der Waals surface area contributed by atoms with Crippen LogP contribution in [0.15, 0.2) is 12.7 Å². The van der Waals surface area contributed by atoms with Gasteiger partial charge in [-0.05, 0) is 40.0 Å². The summed E-state index contributed by atoms with van der Waals surface area (Å²) < 4.78 is 5.20. The van der Waals surface area contributed by atoms with Crippen molar-refractivity contribution in [1.29, 1.82) is 0 Å². The molecule has 0 bridgehead atoms. The van der Waals surface area contributed by atoms with Crippen LogP contribution in [0.5, 0.6) is 0 Å². The SMILES string of the molecule is C=CCCC(=O)CC1(NC(=O)OC(C)(C)C)CC1. The van der Waals surface area contributed by atoms with Crippen LogP contribution in [0, 0.1) is 0 Å². The molecular weight excluding hydrogens is 230 g/mol. The highest BCUT2D eigenvalue weighted by atomic mass is 16.6. The average Bonchev–Trinajstić information content (AvgIpc) is 2.91. The predicted octanol–water partition coefficient (Wildman–Crippen LogP) is 2.97. The predicted molar refractivity (Wildman–Crippen MR) is 70.4 cm³/mol. The largest absolute Gasteiger partial charge is 0.444 e. The van der Waals surface area contributed by atoms with E-state index in [1.54, 1.807) is 6.08 Å². The van der Waals surface area contributed by atoms with E-state index < -0.39 is 11.7 Å². The third kappa shape index (κ3) is 5.34. The van der Waals surface area contributed by atoms with Crippen molar-refractivity contribution in [3.63, 3.8) is 0 Å². The van der Waals surface area contributed by atoms with E-state index in [-0.39, 0.29) is 11.3 Å². The minimum absolute atomic E-state index is 0.170. The number of ketones is 1. The standard InChI is InChI=1S/C14H23NO3/c1-5-6-7-11(16)10-14(8-9-14)15-12(17)18-13(2,3)4/h5H,1,6-10H2,2-4H3,(H,15,17). The minimum Gasteiger partial charge on any atom is -0.444 e. The van der Waals surface area contributed by atoms with E-state index in [1.165, 1.54) is 0 Å². The van der Waals surface area contributed by atoms with Crippen molar-refractivity contribution >= 4 is 11.9 Å². The van der Waals surface area contributed by atoms with Crippen LogP contribution in [0.2, 0.25) is 0 Å². The van der Waals surface area contributed by atoms with Gasteiger partial charge in [-0.1, -0.05) is 6.08 Å². The second-order valence-electron chi connectivity index (χ2n) is 5.95. The van der Waals surface area contributed by atoms with Gasteiger partial charge in [-0.3, -0.25) is 4.79 Å². The second-order valence-corrected chi connectivity index (χ2v) is 5.95. The van der Waals surface area contributed by atoms with Crippen molar-refractivity contribution in [2.75, 3.05) is 0 Å². The van der Waals surface area contributed by atoms with Crippen LogP contribution in [0.25, 0.3) is 0 Å². The lowest BCUT2D eigenvalue weighted by atomic mass is 10.1. The molecule has 0 spiro atoms. The summed E-state index contributed by atoms with van der Waals surface area (Å²) in [7, 11) is 0. The maximum Gasteiger partial charge on any atom is 0.408 e. The third-order valence-electron chi connectivity index (χ3n) is 2.78. The number of hydrogen-bond donors (Lipinski definition) is 1. The fourth-order valence-corrected chi connectivity index (χ4v) is 1.75. The lowest BCUT2D eigenvalue weighted by molar-refractivity contribution is -0.119. The second kappa shape index (κ2) is 5.55. The van der Waals surface area contributed by atoms with Gasteiger partial charge in [0.15, 0.2) is 0 Å². The molecule has 1 rings (SSSR count). The quantitative estimate of drug-likeness (QED) is 0.740. The van der Waals surface area contributed by atoms with Crippen molar-refractivity contribution in [1.82, 2.24) is 5.32 Å². The van der Waals surface area contributed by atoms with Crippen LogP contribution in [0.3, 0.4) is 0 Å². The van der Waals surface area contributed by atoms with Gasteiger partial charge in [0.2, 0.25) is 0 Å². The first-order chi connectivity index (χ1) is 8.26. The number of carbonyl (C=O) groups excluding carboxylic acids is 2. The molecule has 1 aliphatic carbocycles. The van der Waals surface area contributed by atoms with Gasteiger partial charge in [-0.25, -0.2) is 4.79 Å². The van der Waals surface area contributed by atoms with E-state index in [2.05, 4.69) is 11.9 Å². The van der Waals surface area contributed by atoms with Gasteiger partial charge in [-0.2, -0.15) is 0 Å². The molecule has 1 fully saturated rings. The molecule has 0 aromatic heterocycles. The first kappa shape index (κ1) is 14.7. The van der Waals surface area contributed by atoms with Crippen LogP contribution in [0.4, 0.5) is 4.79 Å². The van der Waals surface area contributed by atoms with E-state index in [9.17, 15) is 9.59 Å². The molecule has 1 amide bonds. The van der Waals surface area contributed by atoms with Crippen LogP contribution in [-0.4, -0.2) is 23.0 Å². The normalized spacial score (nSPS) is 16.8. The maximum atomic E-state index is 11.7. The summed E-state index contributed by atoms with van der Waals surface area (Å²) in [4.78, 5) is 23.3. The van der Waals surface area contributed by atoms with E-state index >= 15 is 0 Å². The molecule has 0 aromatic carbocycles. The summed E-state index contributed by atoms with van der Waals surface area (Å²) in [5.41, 5.74) is -0.854. The van der Waals surface area contributed by atoms with Gasteiger partial charge in [0, 0.05) is 12.8 Å². The van der Waals surface area contributed by atoms with Crippen LogP contribution < -0.4 is 5.32 Å². The molecule has 1 aliphatic rings. The molecule has 0 atom stereocenters. The number of amides is 1. The van der Waals surface area contributed by atoms with Crippen molar-refractivity contribution < 1.29 is 14.3 Å². The summed E-state index contributed by atoms with van der Waals surface area (Å²) in [6, 6.07) is 0. The molecule has 4 nitrogen and oxygen atoms in total. The highest BCUT2D eigenvalue weighted by molar-refractivity contribution is 5.81. The minimum atomic E-state index is -0.507. The van der Waals surface area contributed by atoms with E-state index in [1.807, 2.05) is 20.8 Å². The Morgan fingerprint density at radius 2 is 2.00 bits per heavy atom. The third-order valence-corrected chi connectivity index (χ3v) is 2.78. The monoisotopic (exact) mass is 253 g/mol. The number of hydrogen-bond acceptors (Lipinski definition) is 3. The molecule has 0 aliphatic heterocycles. The van der Waals surface area contributed by atoms with E-state index in [0.29, 0.717) is 19.3 Å². The lowest BCUT2D eigenvalue weighted by Crippen LogP contribution is -2.41. The molecule has 18 heavy (non-hydrogen) atoms.